The molecule has 0 aliphatic rings. The average molecular weight is 457 g/mol. The van der Waals surface area contributed by atoms with Gasteiger partial charge in [0.1, 0.15) is 15.6 Å². The number of halogens is 2. The summed E-state index contributed by atoms with van der Waals surface area (Å²) < 4.78 is 14.9. The van der Waals surface area contributed by atoms with Crippen LogP contribution in [0.4, 0.5) is 15.1 Å². The fourth-order valence-electron chi connectivity index (χ4n) is 2.26. The van der Waals surface area contributed by atoms with Gasteiger partial charge in [-0.2, -0.15) is 0 Å². The molecule has 0 spiro atoms. The number of pyridine rings is 1. The van der Waals surface area contributed by atoms with Crippen LogP contribution >= 0.6 is 33.9 Å². The van der Waals surface area contributed by atoms with E-state index in [1.165, 1.54) is 24.5 Å². The number of fused-ring (bicyclic) bond motifs is 1. The summed E-state index contributed by atoms with van der Waals surface area (Å²) in [4.78, 5) is 22.2. The Balaban J connectivity index is 2.12. The van der Waals surface area contributed by atoms with E-state index < -0.39 is 5.91 Å². The Hall–Kier alpha value is -1.78. The molecule has 2 aromatic heterocycles. The smallest absolute Gasteiger partial charge is 0.278 e. The average Bonchev–Trinajstić information content (AvgIpc) is 2.87. The van der Waals surface area contributed by atoms with Gasteiger partial charge in [0, 0.05) is 15.2 Å². The Kier molecular flexibility index (Phi) is 4.97. The van der Waals surface area contributed by atoms with Crippen LogP contribution in [0.5, 0.6) is 0 Å². The lowest BCUT2D eigenvalue weighted by atomic mass is 10.1. The maximum atomic E-state index is 14.1. The van der Waals surface area contributed by atoms with Crippen molar-refractivity contribution in [3.8, 4) is 0 Å². The summed E-state index contributed by atoms with van der Waals surface area (Å²) in [6, 6.07) is 6.72. The summed E-state index contributed by atoms with van der Waals surface area (Å²) in [7, 11) is 1.36. The maximum absolute atomic E-state index is 14.1. The number of nitrogens with one attached hydrogen (secondary N) is 2. The monoisotopic (exact) mass is 457 g/mol. The van der Waals surface area contributed by atoms with Gasteiger partial charge in [-0.1, -0.05) is 11.3 Å². The number of aryl methyl sites for hydroxylation is 1. The molecule has 0 saturated heterocycles. The second-order valence-electron chi connectivity index (χ2n) is 5.06. The molecule has 0 bridgehead atoms. The topological polar surface area (TPSA) is 63.2 Å². The van der Waals surface area contributed by atoms with Crippen molar-refractivity contribution in [3.63, 3.8) is 0 Å². The van der Waals surface area contributed by atoms with Gasteiger partial charge in [0.2, 0.25) is 0 Å². The van der Waals surface area contributed by atoms with Crippen LogP contribution in [0.3, 0.4) is 0 Å². The number of benzene rings is 1. The normalized spacial score (nSPS) is 10.8. The van der Waals surface area contributed by atoms with Crippen LogP contribution in [0.15, 0.2) is 30.5 Å². The van der Waals surface area contributed by atoms with E-state index in [0.717, 1.165) is 9.13 Å². The van der Waals surface area contributed by atoms with Crippen LogP contribution in [-0.4, -0.2) is 18.0 Å². The lowest BCUT2D eigenvalue weighted by Gasteiger charge is -2.09. The first kappa shape index (κ1) is 17.1. The SMILES string of the molecule is CONC(=O)c1c(Nc2ccc(I)cc2F)sc2ncc(C)cc12. The second-order valence-corrected chi connectivity index (χ2v) is 7.30. The highest BCUT2D eigenvalue weighted by Crippen LogP contribution is 2.37. The van der Waals surface area contributed by atoms with Gasteiger partial charge in [-0.25, -0.2) is 14.9 Å². The standard InChI is InChI=1S/C16H13FIN3O2S/c1-8-5-10-13(14(22)21-23-2)16(24-15(10)19-7-8)20-12-4-3-9(18)6-11(12)17/h3-7,20H,1-2H3,(H,21,22). The molecule has 0 atom stereocenters. The number of nitrogens with zero attached hydrogens (tertiary/aromatic N) is 1. The molecule has 0 aliphatic carbocycles. The Morgan fingerprint density at radius 1 is 1.38 bits per heavy atom. The molecule has 0 unspecified atom stereocenters. The van der Waals surface area contributed by atoms with Crippen molar-refractivity contribution in [3.05, 3.63) is 51.0 Å². The molecule has 2 N–H and O–H groups in total. The van der Waals surface area contributed by atoms with Gasteiger partial charge in [0.05, 0.1) is 18.4 Å². The summed E-state index contributed by atoms with van der Waals surface area (Å²) in [5.74, 6) is -0.800. The molecular formula is C16H13FIN3O2S. The van der Waals surface area contributed by atoms with Gasteiger partial charge in [0.25, 0.3) is 5.91 Å². The third kappa shape index (κ3) is 3.35. The number of thiophene rings is 1. The van der Waals surface area contributed by atoms with E-state index in [1.54, 1.807) is 18.3 Å². The fraction of sp³-hybridized carbons (Fsp3) is 0.125. The molecule has 24 heavy (non-hydrogen) atoms. The van der Waals surface area contributed by atoms with E-state index in [4.69, 9.17) is 4.84 Å². The number of hydrogen-bond acceptors (Lipinski definition) is 5. The van der Waals surface area contributed by atoms with Gasteiger partial charge in [-0.05, 0) is 59.3 Å². The van der Waals surface area contributed by atoms with Crippen molar-refractivity contribution in [1.82, 2.24) is 10.5 Å². The highest BCUT2D eigenvalue weighted by Gasteiger charge is 2.21. The van der Waals surface area contributed by atoms with Crippen LogP contribution in [0.2, 0.25) is 0 Å². The largest absolute Gasteiger partial charge is 0.344 e. The van der Waals surface area contributed by atoms with E-state index >= 15 is 0 Å². The van der Waals surface area contributed by atoms with Crippen LogP contribution in [0.1, 0.15) is 15.9 Å². The molecule has 0 radical (unpaired) electrons. The van der Waals surface area contributed by atoms with Crippen LogP contribution in [-0.2, 0) is 4.84 Å². The first-order valence-corrected chi connectivity index (χ1v) is 8.83. The van der Waals surface area contributed by atoms with E-state index in [2.05, 4.69) is 15.8 Å². The molecule has 0 saturated carbocycles. The number of carbonyl (C=O) groups is 1. The van der Waals surface area contributed by atoms with Gasteiger partial charge in [-0.3, -0.25) is 9.63 Å². The zero-order valence-corrected chi connectivity index (χ0v) is 15.8. The van der Waals surface area contributed by atoms with Crippen molar-refractivity contribution < 1.29 is 14.0 Å². The van der Waals surface area contributed by atoms with Gasteiger partial charge >= 0.3 is 0 Å². The number of carbonyl (C=O) groups excluding carboxylic acids is 1. The summed E-state index contributed by atoms with van der Waals surface area (Å²) in [6.07, 6.45) is 1.73. The quantitative estimate of drug-likeness (QED) is 0.451. The molecule has 8 heteroatoms. The van der Waals surface area contributed by atoms with Crippen LogP contribution < -0.4 is 10.8 Å². The summed E-state index contributed by atoms with van der Waals surface area (Å²) in [5, 5.41) is 4.21. The number of amides is 1. The number of aromatic nitrogens is 1. The molecule has 2 heterocycles. The summed E-state index contributed by atoms with van der Waals surface area (Å²) in [6.45, 7) is 1.90. The predicted molar refractivity (Wildman–Crippen MR) is 101 cm³/mol. The van der Waals surface area contributed by atoms with Gasteiger partial charge < -0.3 is 5.32 Å². The first-order chi connectivity index (χ1) is 11.5. The number of hydrogen-bond donors (Lipinski definition) is 2. The van der Waals surface area contributed by atoms with Crippen molar-refractivity contribution in [2.75, 3.05) is 12.4 Å². The summed E-state index contributed by atoms with van der Waals surface area (Å²) in [5.41, 5.74) is 3.92. The van der Waals surface area contributed by atoms with Gasteiger partial charge in [-0.15, -0.1) is 0 Å². The van der Waals surface area contributed by atoms with Crippen LogP contribution in [0, 0.1) is 16.3 Å². The minimum atomic E-state index is -0.412. The molecule has 1 aromatic carbocycles. The zero-order valence-electron chi connectivity index (χ0n) is 12.8. The maximum Gasteiger partial charge on any atom is 0.278 e. The number of rotatable bonds is 4. The highest BCUT2D eigenvalue weighted by atomic mass is 127. The Morgan fingerprint density at radius 3 is 2.88 bits per heavy atom. The van der Waals surface area contributed by atoms with E-state index in [-0.39, 0.29) is 5.82 Å². The van der Waals surface area contributed by atoms with Crippen molar-refractivity contribution in [1.29, 1.82) is 0 Å². The summed E-state index contributed by atoms with van der Waals surface area (Å²) >= 11 is 3.33. The van der Waals surface area contributed by atoms with E-state index in [9.17, 15) is 9.18 Å². The molecule has 124 valence electrons. The van der Waals surface area contributed by atoms with E-state index in [1.807, 2.05) is 35.6 Å². The Labute approximate surface area is 155 Å². The molecular weight excluding hydrogens is 444 g/mol. The molecule has 5 nitrogen and oxygen atoms in total. The van der Waals surface area contributed by atoms with Gasteiger partial charge in [0.15, 0.2) is 0 Å². The van der Waals surface area contributed by atoms with Crippen molar-refractivity contribution in [2.24, 2.45) is 0 Å². The number of anilines is 2. The molecule has 3 rings (SSSR count). The van der Waals surface area contributed by atoms with Crippen molar-refractivity contribution >= 4 is 60.7 Å². The molecule has 0 aliphatic heterocycles. The third-order valence-electron chi connectivity index (χ3n) is 3.28. The minimum Gasteiger partial charge on any atom is -0.344 e. The predicted octanol–water partition coefficient (Wildman–Crippen LogP) is 4.38. The van der Waals surface area contributed by atoms with E-state index in [0.29, 0.717) is 26.5 Å². The lowest BCUT2D eigenvalue weighted by Crippen LogP contribution is -2.22. The van der Waals surface area contributed by atoms with Crippen LogP contribution in [0.25, 0.3) is 10.2 Å². The Morgan fingerprint density at radius 2 is 2.17 bits per heavy atom. The molecule has 0 fully saturated rings. The molecule has 1 amide bonds. The second kappa shape index (κ2) is 6.99. The van der Waals surface area contributed by atoms with Crippen molar-refractivity contribution in [2.45, 2.75) is 6.92 Å². The minimum absolute atomic E-state index is 0.296. The lowest BCUT2D eigenvalue weighted by molar-refractivity contribution is 0.0540. The molecule has 3 aromatic rings. The zero-order chi connectivity index (χ0) is 17.3. The highest BCUT2D eigenvalue weighted by molar-refractivity contribution is 14.1. The number of hydroxylamine groups is 1. The first-order valence-electron chi connectivity index (χ1n) is 6.94. The fourth-order valence-corrected chi connectivity index (χ4v) is 3.75. The Bertz CT molecular complexity index is 929. The third-order valence-corrected chi connectivity index (χ3v) is 4.98.